The van der Waals surface area contributed by atoms with Crippen LogP contribution in [0.15, 0.2) is 48.7 Å². The Balaban J connectivity index is 1.11. The van der Waals surface area contributed by atoms with Crippen molar-refractivity contribution >= 4 is 5.91 Å². The second-order valence-electron chi connectivity index (χ2n) is 11.3. The van der Waals surface area contributed by atoms with Gasteiger partial charge in [0.1, 0.15) is 5.75 Å². The molecule has 5 nitrogen and oxygen atoms in total. The van der Waals surface area contributed by atoms with Crippen LogP contribution in [0, 0.1) is 29.6 Å². The summed E-state index contributed by atoms with van der Waals surface area (Å²) >= 11 is 0. The minimum atomic E-state index is -4.70. The number of amides is 1. The summed E-state index contributed by atoms with van der Waals surface area (Å²) in [5.74, 6) is 2.19. The number of nitrogens with zero attached hydrogens (tertiary/aromatic N) is 3. The second-order valence-corrected chi connectivity index (χ2v) is 11.3. The maximum Gasteiger partial charge on any atom is 0.573 e. The van der Waals surface area contributed by atoms with Crippen LogP contribution < -0.4 is 4.74 Å². The van der Waals surface area contributed by atoms with E-state index in [2.05, 4.69) is 27.6 Å². The van der Waals surface area contributed by atoms with E-state index in [4.69, 9.17) is 0 Å². The number of pyridine rings is 1. The smallest absolute Gasteiger partial charge is 0.406 e. The first-order valence-electron chi connectivity index (χ1n) is 13.5. The van der Waals surface area contributed by atoms with Crippen molar-refractivity contribution in [2.75, 3.05) is 19.6 Å². The second kappa shape index (κ2) is 11.0. The number of hydrogen-bond acceptors (Lipinski definition) is 4. The van der Waals surface area contributed by atoms with Gasteiger partial charge in [-0.15, -0.1) is 13.2 Å². The maximum absolute atomic E-state index is 13.2. The molecule has 5 rings (SSSR count). The number of carbonyl (C=O) groups excluding carboxylic acids is 1. The molecule has 1 aromatic heterocycles. The lowest BCUT2D eigenvalue weighted by molar-refractivity contribution is -0.274. The molecule has 37 heavy (non-hydrogen) atoms. The number of piperidine rings is 1. The van der Waals surface area contributed by atoms with Crippen LogP contribution >= 0.6 is 0 Å². The lowest BCUT2D eigenvalue weighted by atomic mass is 9.67. The van der Waals surface area contributed by atoms with Gasteiger partial charge in [-0.05, 0) is 98.7 Å². The first-order valence-corrected chi connectivity index (χ1v) is 13.5. The number of benzene rings is 1. The Labute approximate surface area is 217 Å². The van der Waals surface area contributed by atoms with E-state index in [1.165, 1.54) is 31.4 Å². The number of aromatic nitrogens is 1. The molecular weight excluding hydrogens is 479 g/mol. The molecule has 8 heteroatoms. The molecule has 2 aromatic rings. The van der Waals surface area contributed by atoms with Crippen LogP contribution in [0.4, 0.5) is 13.2 Å². The van der Waals surface area contributed by atoms with E-state index in [1.54, 1.807) is 12.1 Å². The van der Waals surface area contributed by atoms with Gasteiger partial charge >= 0.3 is 6.36 Å². The number of rotatable bonds is 7. The SMILES string of the molecule is CC1CC(CC2CCN(Cc3ccccn3)CC2)CC2CN(Cc3ccc(OC(F)(F)F)cc3)C(=O)C12. The average molecular weight is 516 g/mol. The fourth-order valence-electron chi connectivity index (χ4n) is 6.95. The van der Waals surface area contributed by atoms with Gasteiger partial charge in [0.2, 0.25) is 5.91 Å². The van der Waals surface area contributed by atoms with Gasteiger partial charge in [0.25, 0.3) is 0 Å². The fourth-order valence-corrected chi connectivity index (χ4v) is 6.95. The Morgan fingerprint density at radius 3 is 2.43 bits per heavy atom. The number of hydrogen-bond donors (Lipinski definition) is 0. The fraction of sp³-hybridized carbons (Fsp3) is 0.586. The molecule has 3 aliphatic rings. The van der Waals surface area contributed by atoms with Crippen LogP contribution in [-0.2, 0) is 17.9 Å². The zero-order chi connectivity index (χ0) is 26.0. The highest BCUT2D eigenvalue weighted by molar-refractivity contribution is 5.81. The highest BCUT2D eigenvalue weighted by Crippen LogP contribution is 2.46. The van der Waals surface area contributed by atoms with Crippen LogP contribution in [0.1, 0.15) is 50.3 Å². The van der Waals surface area contributed by atoms with Gasteiger partial charge in [0.15, 0.2) is 0 Å². The molecule has 3 fully saturated rings. The third-order valence-corrected chi connectivity index (χ3v) is 8.53. The summed E-state index contributed by atoms with van der Waals surface area (Å²) in [6, 6.07) is 12.0. The largest absolute Gasteiger partial charge is 0.573 e. The Morgan fingerprint density at radius 2 is 1.76 bits per heavy atom. The standard InChI is InChI=1S/C29H36F3N3O2/c1-20-14-23(15-21-9-12-34(13-10-21)19-25-4-2-3-11-33-25)16-24-18-35(28(36)27(20)24)17-22-5-7-26(8-6-22)37-29(30,31)32/h2-8,11,20-21,23-24,27H,9-10,12-19H2,1H3. The van der Waals surface area contributed by atoms with Crippen LogP contribution in [0.25, 0.3) is 0 Å². The summed E-state index contributed by atoms with van der Waals surface area (Å²) in [6.07, 6.45) is 3.07. The predicted molar refractivity (Wildman–Crippen MR) is 134 cm³/mol. The van der Waals surface area contributed by atoms with Crippen molar-refractivity contribution in [2.45, 2.75) is 58.5 Å². The molecule has 4 atom stereocenters. The zero-order valence-electron chi connectivity index (χ0n) is 21.4. The minimum Gasteiger partial charge on any atom is -0.406 e. The number of likely N-dealkylation sites (tertiary alicyclic amines) is 2. The quantitative estimate of drug-likeness (QED) is 0.461. The summed E-state index contributed by atoms with van der Waals surface area (Å²) in [6.45, 7) is 6.57. The highest BCUT2D eigenvalue weighted by atomic mass is 19.4. The monoisotopic (exact) mass is 515 g/mol. The molecular formula is C29H36F3N3O2. The molecule has 4 unspecified atom stereocenters. The van der Waals surface area contributed by atoms with Gasteiger partial charge in [-0.3, -0.25) is 14.7 Å². The molecule has 2 aliphatic heterocycles. The predicted octanol–water partition coefficient (Wildman–Crippen LogP) is 5.90. The molecule has 0 radical (unpaired) electrons. The lowest BCUT2D eigenvalue weighted by Crippen LogP contribution is -2.36. The first-order chi connectivity index (χ1) is 17.7. The van der Waals surface area contributed by atoms with Gasteiger partial charge in [-0.1, -0.05) is 25.1 Å². The Morgan fingerprint density at radius 1 is 1.00 bits per heavy atom. The molecule has 0 N–H and O–H groups in total. The van der Waals surface area contributed by atoms with Crippen molar-refractivity contribution < 1.29 is 22.7 Å². The Kier molecular flexibility index (Phi) is 7.75. The van der Waals surface area contributed by atoms with Crippen molar-refractivity contribution in [1.82, 2.24) is 14.8 Å². The van der Waals surface area contributed by atoms with E-state index >= 15 is 0 Å². The van der Waals surface area contributed by atoms with Crippen molar-refractivity contribution in [3.8, 4) is 5.75 Å². The van der Waals surface area contributed by atoms with Crippen molar-refractivity contribution in [3.05, 3.63) is 59.9 Å². The first kappa shape index (κ1) is 26.0. The van der Waals surface area contributed by atoms with Gasteiger partial charge in [0, 0.05) is 31.7 Å². The number of halogens is 3. The van der Waals surface area contributed by atoms with Crippen molar-refractivity contribution in [2.24, 2.45) is 29.6 Å². The third-order valence-electron chi connectivity index (χ3n) is 8.53. The Hall–Kier alpha value is -2.61. The summed E-state index contributed by atoms with van der Waals surface area (Å²) in [7, 11) is 0. The highest BCUT2D eigenvalue weighted by Gasteiger charge is 2.47. The van der Waals surface area contributed by atoms with E-state index in [0.29, 0.717) is 24.3 Å². The molecule has 2 saturated heterocycles. The van der Waals surface area contributed by atoms with Gasteiger partial charge in [-0.25, -0.2) is 0 Å². The number of ether oxygens (including phenoxy) is 1. The lowest BCUT2D eigenvalue weighted by Gasteiger charge is -2.38. The van der Waals surface area contributed by atoms with Crippen LogP contribution in [0.5, 0.6) is 5.75 Å². The van der Waals surface area contributed by atoms with E-state index in [-0.39, 0.29) is 17.6 Å². The van der Waals surface area contributed by atoms with Gasteiger partial charge < -0.3 is 9.64 Å². The van der Waals surface area contributed by atoms with Gasteiger partial charge in [0.05, 0.1) is 5.69 Å². The Bertz CT molecular complexity index is 1040. The normalized spacial score (nSPS) is 27.4. The van der Waals surface area contributed by atoms with E-state index in [9.17, 15) is 18.0 Å². The third kappa shape index (κ3) is 6.64. The zero-order valence-corrected chi connectivity index (χ0v) is 21.4. The van der Waals surface area contributed by atoms with Gasteiger partial charge in [-0.2, -0.15) is 0 Å². The summed E-state index contributed by atoms with van der Waals surface area (Å²) in [4.78, 5) is 22.1. The summed E-state index contributed by atoms with van der Waals surface area (Å²) < 4.78 is 41.2. The number of carbonyl (C=O) groups is 1. The van der Waals surface area contributed by atoms with Crippen LogP contribution in [0.2, 0.25) is 0 Å². The van der Waals surface area contributed by atoms with Crippen molar-refractivity contribution in [3.63, 3.8) is 0 Å². The molecule has 1 aromatic carbocycles. The van der Waals surface area contributed by atoms with E-state index < -0.39 is 6.36 Å². The molecule has 1 aliphatic carbocycles. The summed E-state index contributed by atoms with van der Waals surface area (Å²) in [5.41, 5.74) is 1.96. The van der Waals surface area contributed by atoms with E-state index in [0.717, 1.165) is 56.2 Å². The van der Waals surface area contributed by atoms with Crippen LogP contribution in [0.3, 0.4) is 0 Å². The molecule has 1 saturated carbocycles. The molecule has 3 heterocycles. The maximum atomic E-state index is 13.2. The van der Waals surface area contributed by atoms with Crippen LogP contribution in [-0.4, -0.2) is 46.7 Å². The number of fused-ring (bicyclic) bond motifs is 1. The number of alkyl halides is 3. The molecule has 200 valence electrons. The molecule has 0 spiro atoms. The summed E-state index contributed by atoms with van der Waals surface area (Å²) in [5, 5.41) is 0. The average Bonchev–Trinajstić information content (AvgIpc) is 3.16. The molecule has 0 bridgehead atoms. The molecule has 1 amide bonds. The topological polar surface area (TPSA) is 45.7 Å². The van der Waals surface area contributed by atoms with E-state index in [1.807, 2.05) is 23.2 Å². The minimum absolute atomic E-state index is 0.0734. The van der Waals surface area contributed by atoms with Crippen molar-refractivity contribution in [1.29, 1.82) is 0 Å².